The highest BCUT2D eigenvalue weighted by molar-refractivity contribution is 5.89. The molecule has 3 aromatic heterocycles. The number of fused-ring (bicyclic) bond motifs is 1. The molecule has 0 unspecified atom stereocenters. The molecular weight excluding hydrogens is 330 g/mol. The van der Waals surface area contributed by atoms with Gasteiger partial charge >= 0.3 is 0 Å². The van der Waals surface area contributed by atoms with Crippen molar-refractivity contribution in [1.82, 2.24) is 29.8 Å². The van der Waals surface area contributed by atoms with E-state index in [1.807, 2.05) is 43.6 Å². The number of hydrogen-bond acceptors (Lipinski definition) is 5. The predicted octanol–water partition coefficient (Wildman–Crippen LogP) is 2.35. The van der Waals surface area contributed by atoms with E-state index in [4.69, 9.17) is 0 Å². The van der Waals surface area contributed by atoms with Crippen LogP contribution in [-0.4, -0.2) is 35.7 Å². The van der Waals surface area contributed by atoms with Crippen molar-refractivity contribution >= 4 is 22.6 Å². The van der Waals surface area contributed by atoms with E-state index in [2.05, 4.69) is 31.7 Å². The Hall–Kier alpha value is -3.55. The quantitative estimate of drug-likeness (QED) is 0.598. The zero-order valence-corrected chi connectivity index (χ0v) is 14.2. The van der Waals surface area contributed by atoms with Crippen LogP contribution < -0.4 is 5.32 Å². The zero-order chi connectivity index (χ0) is 17.9. The summed E-state index contributed by atoms with van der Waals surface area (Å²) in [7, 11) is 0. The van der Waals surface area contributed by atoms with Crippen LogP contribution in [0.3, 0.4) is 0 Å². The molecule has 0 saturated carbocycles. The lowest BCUT2D eigenvalue weighted by atomic mass is 10.1. The third-order valence-corrected chi connectivity index (χ3v) is 3.95. The molecule has 3 heterocycles. The summed E-state index contributed by atoms with van der Waals surface area (Å²) in [6.07, 6.45) is 6.89. The molecule has 0 spiro atoms. The normalized spacial score (nSPS) is 11.0. The van der Waals surface area contributed by atoms with E-state index in [-0.39, 0.29) is 12.5 Å². The van der Waals surface area contributed by atoms with E-state index >= 15 is 0 Å². The molecule has 0 radical (unpaired) electrons. The number of anilines is 1. The van der Waals surface area contributed by atoms with E-state index in [0.29, 0.717) is 12.4 Å². The lowest BCUT2D eigenvalue weighted by Crippen LogP contribution is -2.19. The minimum atomic E-state index is -0.209. The maximum Gasteiger partial charge on any atom is 0.247 e. The van der Waals surface area contributed by atoms with Gasteiger partial charge in [-0.3, -0.25) is 14.5 Å². The number of para-hydroxylation sites is 1. The van der Waals surface area contributed by atoms with Gasteiger partial charge in [-0.05, 0) is 19.1 Å². The number of benzene rings is 1. The second-order valence-corrected chi connectivity index (χ2v) is 5.81. The fraction of sp³-hybridized carbons (Fsp3) is 0.167. The number of rotatable bonds is 5. The van der Waals surface area contributed by atoms with Gasteiger partial charge in [0.25, 0.3) is 0 Å². The van der Waals surface area contributed by atoms with Gasteiger partial charge in [0, 0.05) is 28.9 Å². The Labute approximate surface area is 149 Å². The average Bonchev–Trinajstić information content (AvgIpc) is 3.30. The summed E-state index contributed by atoms with van der Waals surface area (Å²) in [5, 5.41) is 16.2. The Morgan fingerprint density at radius 3 is 2.85 bits per heavy atom. The van der Waals surface area contributed by atoms with Crippen LogP contribution in [0.1, 0.15) is 6.92 Å². The largest absolute Gasteiger partial charge is 0.306 e. The summed E-state index contributed by atoms with van der Waals surface area (Å²) in [4.78, 5) is 18.1. The molecule has 4 aromatic rings. The van der Waals surface area contributed by atoms with Gasteiger partial charge in [-0.1, -0.05) is 18.2 Å². The van der Waals surface area contributed by atoms with E-state index in [9.17, 15) is 4.79 Å². The second-order valence-electron chi connectivity index (χ2n) is 5.81. The maximum atomic E-state index is 12.1. The fourth-order valence-electron chi connectivity index (χ4n) is 2.66. The van der Waals surface area contributed by atoms with Crippen molar-refractivity contribution in [3.8, 4) is 11.1 Å². The predicted molar refractivity (Wildman–Crippen MR) is 97.3 cm³/mol. The molecule has 0 aliphatic heterocycles. The van der Waals surface area contributed by atoms with E-state index < -0.39 is 0 Å². The van der Waals surface area contributed by atoms with Crippen molar-refractivity contribution in [1.29, 1.82) is 0 Å². The Morgan fingerprint density at radius 2 is 2.00 bits per heavy atom. The van der Waals surface area contributed by atoms with Crippen LogP contribution in [0.5, 0.6) is 0 Å². The van der Waals surface area contributed by atoms with Crippen molar-refractivity contribution in [2.24, 2.45) is 0 Å². The zero-order valence-electron chi connectivity index (χ0n) is 14.2. The van der Waals surface area contributed by atoms with Gasteiger partial charge in [0.05, 0.1) is 24.5 Å². The molecule has 0 aliphatic rings. The van der Waals surface area contributed by atoms with Crippen LogP contribution in [0.25, 0.3) is 22.0 Å². The molecule has 4 rings (SSSR count). The highest BCUT2D eigenvalue weighted by Crippen LogP contribution is 2.22. The average molecular weight is 347 g/mol. The van der Waals surface area contributed by atoms with Crippen molar-refractivity contribution in [2.45, 2.75) is 20.0 Å². The maximum absolute atomic E-state index is 12.1. The van der Waals surface area contributed by atoms with Crippen LogP contribution in [-0.2, 0) is 17.9 Å². The molecular formula is C18H17N7O. The lowest BCUT2D eigenvalue weighted by molar-refractivity contribution is -0.116. The first kappa shape index (κ1) is 15.9. The molecule has 130 valence electrons. The number of aromatic nitrogens is 6. The summed E-state index contributed by atoms with van der Waals surface area (Å²) in [6.45, 7) is 2.68. The van der Waals surface area contributed by atoms with Crippen molar-refractivity contribution in [2.75, 3.05) is 5.32 Å². The summed E-state index contributed by atoms with van der Waals surface area (Å²) in [5.74, 6) is 0.224. The SMILES string of the molecule is CCn1ncc(NC(=O)Cn2cc(-c3cnc4ccccc4c3)cn2)n1. The minimum Gasteiger partial charge on any atom is -0.306 e. The smallest absolute Gasteiger partial charge is 0.247 e. The number of nitrogens with one attached hydrogen (secondary N) is 1. The highest BCUT2D eigenvalue weighted by atomic mass is 16.2. The number of aryl methyl sites for hydroxylation is 1. The van der Waals surface area contributed by atoms with E-state index in [1.165, 1.54) is 11.0 Å². The number of hydrogen-bond donors (Lipinski definition) is 1. The van der Waals surface area contributed by atoms with Gasteiger partial charge in [0.1, 0.15) is 6.54 Å². The van der Waals surface area contributed by atoms with Crippen LogP contribution in [0.2, 0.25) is 0 Å². The number of carbonyl (C=O) groups is 1. The molecule has 8 heteroatoms. The van der Waals surface area contributed by atoms with Crippen LogP contribution in [0, 0.1) is 0 Å². The number of carbonyl (C=O) groups excluding carboxylic acids is 1. The van der Waals surface area contributed by atoms with Gasteiger partial charge in [0.2, 0.25) is 5.91 Å². The first-order chi connectivity index (χ1) is 12.7. The van der Waals surface area contributed by atoms with E-state index in [0.717, 1.165) is 22.0 Å². The lowest BCUT2D eigenvalue weighted by Gasteiger charge is -2.02. The van der Waals surface area contributed by atoms with Crippen molar-refractivity contribution < 1.29 is 4.79 Å². The summed E-state index contributed by atoms with van der Waals surface area (Å²) < 4.78 is 1.59. The first-order valence-electron chi connectivity index (χ1n) is 8.29. The Morgan fingerprint density at radius 1 is 1.12 bits per heavy atom. The summed E-state index contributed by atoms with van der Waals surface area (Å²) in [6, 6.07) is 10.0. The molecule has 0 aliphatic carbocycles. The Balaban J connectivity index is 1.47. The number of pyridine rings is 1. The molecule has 1 amide bonds. The summed E-state index contributed by atoms with van der Waals surface area (Å²) >= 11 is 0. The molecule has 0 fully saturated rings. The standard InChI is InChI=1S/C18H17N7O/c1-2-25-21-10-17(23-25)22-18(26)12-24-11-15(9-20-24)14-7-13-5-3-4-6-16(13)19-8-14/h3-11H,2,12H2,1H3,(H,22,23,26). The van der Waals surface area contributed by atoms with Gasteiger partial charge in [0.15, 0.2) is 5.82 Å². The van der Waals surface area contributed by atoms with Gasteiger partial charge in [-0.25, -0.2) is 0 Å². The Bertz CT molecular complexity index is 1070. The molecule has 0 bridgehead atoms. The van der Waals surface area contributed by atoms with Crippen LogP contribution in [0.15, 0.2) is 55.1 Å². The molecule has 0 atom stereocenters. The number of nitrogens with zero attached hydrogens (tertiary/aromatic N) is 6. The molecule has 1 aromatic carbocycles. The highest BCUT2D eigenvalue weighted by Gasteiger charge is 2.09. The van der Waals surface area contributed by atoms with Crippen LogP contribution in [0.4, 0.5) is 5.82 Å². The molecule has 8 nitrogen and oxygen atoms in total. The monoisotopic (exact) mass is 347 g/mol. The van der Waals surface area contributed by atoms with Crippen molar-refractivity contribution in [3.63, 3.8) is 0 Å². The van der Waals surface area contributed by atoms with Gasteiger partial charge < -0.3 is 5.32 Å². The Kier molecular flexibility index (Phi) is 4.14. The number of amides is 1. The molecule has 0 saturated heterocycles. The molecule has 1 N–H and O–H groups in total. The van der Waals surface area contributed by atoms with E-state index in [1.54, 1.807) is 10.9 Å². The second kappa shape index (κ2) is 6.75. The van der Waals surface area contributed by atoms with Gasteiger partial charge in [-0.2, -0.15) is 15.0 Å². The third kappa shape index (κ3) is 3.30. The summed E-state index contributed by atoms with van der Waals surface area (Å²) in [5.41, 5.74) is 2.82. The fourth-order valence-corrected chi connectivity index (χ4v) is 2.66. The first-order valence-corrected chi connectivity index (χ1v) is 8.29. The third-order valence-electron chi connectivity index (χ3n) is 3.95. The van der Waals surface area contributed by atoms with Gasteiger partial charge in [-0.15, -0.1) is 5.10 Å². The van der Waals surface area contributed by atoms with Crippen LogP contribution >= 0.6 is 0 Å². The minimum absolute atomic E-state index is 0.0972. The molecule has 26 heavy (non-hydrogen) atoms. The van der Waals surface area contributed by atoms with Crippen molar-refractivity contribution in [3.05, 3.63) is 55.1 Å². The topological polar surface area (TPSA) is 90.5 Å².